The molecule has 1 aromatic carbocycles. The first-order valence-electron chi connectivity index (χ1n) is 9.95. The van der Waals surface area contributed by atoms with Crippen LogP contribution in [0.3, 0.4) is 0 Å². The van der Waals surface area contributed by atoms with Gasteiger partial charge in [-0.25, -0.2) is 4.39 Å². The molecule has 1 amide bonds. The highest BCUT2D eigenvalue weighted by molar-refractivity contribution is 8.01. The maximum atomic E-state index is 15.0. The van der Waals surface area contributed by atoms with Gasteiger partial charge >= 0.3 is 0 Å². The maximum absolute atomic E-state index is 15.0. The summed E-state index contributed by atoms with van der Waals surface area (Å²) in [5.41, 5.74) is 1.02. The number of amides is 1. The van der Waals surface area contributed by atoms with E-state index in [9.17, 15) is 19.1 Å². The Kier molecular flexibility index (Phi) is 4.56. The summed E-state index contributed by atoms with van der Waals surface area (Å²) in [7, 11) is 1.51. The monoisotopic (exact) mass is 418 g/mol. The van der Waals surface area contributed by atoms with E-state index in [0.29, 0.717) is 29.3 Å². The van der Waals surface area contributed by atoms with E-state index >= 15 is 0 Å². The average molecular weight is 418 g/mol. The molecule has 1 aliphatic carbocycles. The molecule has 154 valence electrons. The maximum Gasteiger partial charge on any atom is 0.236 e. The summed E-state index contributed by atoms with van der Waals surface area (Å²) in [5, 5.41) is 16.7. The number of aromatic nitrogens is 1. The van der Waals surface area contributed by atoms with Gasteiger partial charge in [0.15, 0.2) is 5.43 Å². The summed E-state index contributed by atoms with van der Waals surface area (Å²) >= 11 is 1.23. The number of anilines is 1. The number of thioether (sulfide) groups is 1. The van der Waals surface area contributed by atoms with Crippen LogP contribution in [-0.2, 0) is 4.79 Å². The minimum Gasteiger partial charge on any atom is -0.386 e. The van der Waals surface area contributed by atoms with Crippen LogP contribution in [0.25, 0.3) is 10.9 Å². The molecule has 0 radical (unpaired) electrons. The van der Waals surface area contributed by atoms with E-state index < -0.39 is 17.2 Å². The molecule has 2 atom stereocenters. The largest absolute Gasteiger partial charge is 0.386 e. The molecule has 0 spiro atoms. The fourth-order valence-corrected chi connectivity index (χ4v) is 5.74. The molecule has 3 heterocycles. The molecule has 3 aliphatic rings. The fraction of sp³-hybridized carbons (Fsp3) is 0.500. The van der Waals surface area contributed by atoms with Crippen LogP contribution in [0.5, 0.6) is 0 Å². The van der Waals surface area contributed by atoms with Gasteiger partial charge < -0.3 is 25.2 Å². The van der Waals surface area contributed by atoms with Gasteiger partial charge in [-0.15, -0.1) is 0 Å². The first kappa shape index (κ1) is 18.9. The minimum absolute atomic E-state index is 0.205. The number of benzene rings is 1. The number of aliphatic hydroxyl groups is 1. The van der Waals surface area contributed by atoms with E-state index in [0.717, 1.165) is 25.9 Å². The molecule has 2 unspecified atom stereocenters. The molecule has 2 aromatic rings. The topological polar surface area (TPSA) is 86.6 Å². The standard InChI is InChI=1S/C20H23FN4O3S/c1-22-19(28)18-17(27)15-16(26)11-8-12(21)14(24-6-4-23-5-7-24)9-13(11)25(10-2-3-10)20(15)29-18/h8-10,17-18,23,27H,2-7H2,1H3,(H,22,28). The molecule has 7 nitrogen and oxygen atoms in total. The quantitative estimate of drug-likeness (QED) is 0.693. The number of hydrogen-bond donors (Lipinski definition) is 3. The van der Waals surface area contributed by atoms with E-state index in [1.165, 1.54) is 24.9 Å². The number of carbonyl (C=O) groups is 1. The van der Waals surface area contributed by atoms with Crippen molar-refractivity contribution in [1.82, 2.24) is 15.2 Å². The van der Waals surface area contributed by atoms with E-state index in [1.807, 2.05) is 9.47 Å². The smallest absolute Gasteiger partial charge is 0.236 e. The average Bonchev–Trinajstić information content (AvgIpc) is 3.51. The van der Waals surface area contributed by atoms with Crippen molar-refractivity contribution in [2.75, 3.05) is 38.1 Å². The van der Waals surface area contributed by atoms with Crippen molar-refractivity contribution in [3.63, 3.8) is 0 Å². The molecular weight excluding hydrogens is 395 g/mol. The number of rotatable bonds is 3. The Morgan fingerprint density at radius 3 is 2.69 bits per heavy atom. The third-order valence-electron chi connectivity index (χ3n) is 5.96. The minimum atomic E-state index is -1.20. The molecule has 0 bridgehead atoms. The summed E-state index contributed by atoms with van der Waals surface area (Å²) in [4.78, 5) is 27.4. The lowest BCUT2D eigenvalue weighted by molar-refractivity contribution is -0.121. The van der Waals surface area contributed by atoms with Crippen LogP contribution < -0.4 is 21.0 Å². The molecule has 1 saturated carbocycles. The number of nitrogens with one attached hydrogen (secondary N) is 2. The van der Waals surface area contributed by atoms with Gasteiger partial charge in [-0.1, -0.05) is 11.8 Å². The summed E-state index contributed by atoms with van der Waals surface area (Å²) in [5.74, 6) is -0.751. The number of piperazine rings is 1. The van der Waals surface area contributed by atoms with Crippen molar-refractivity contribution < 1.29 is 14.3 Å². The van der Waals surface area contributed by atoms with Crippen molar-refractivity contribution in [1.29, 1.82) is 0 Å². The van der Waals surface area contributed by atoms with Gasteiger partial charge in [0.2, 0.25) is 5.91 Å². The van der Waals surface area contributed by atoms with Crippen LogP contribution in [-0.4, -0.2) is 54.1 Å². The van der Waals surface area contributed by atoms with Crippen LogP contribution >= 0.6 is 11.8 Å². The summed E-state index contributed by atoms with van der Waals surface area (Å²) < 4.78 is 17.0. The van der Waals surface area contributed by atoms with E-state index in [-0.39, 0.29) is 28.3 Å². The second-order valence-corrected chi connectivity index (χ2v) is 8.93. The number of aliphatic hydroxyl groups excluding tert-OH is 1. The summed E-state index contributed by atoms with van der Waals surface area (Å²) in [6, 6.07) is 3.28. The second kappa shape index (κ2) is 7.00. The Morgan fingerprint density at radius 2 is 2.03 bits per heavy atom. The number of carbonyl (C=O) groups excluding carboxylic acids is 1. The van der Waals surface area contributed by atoms with Gasteiger partial charge in [0.1, 0.15) is 17.2 Å². The van der Waals surface area contributed by atoms with E-state index in [2.05, 4.69) is 10.6 Å². The highest BCUT2D eigenvalue weighted by Crippen LogP contribution is 2.49. The molecule has 5 rings (SSSR count). The first-order chi connectivity index (χ1) is 14.0. The number of fused-ring (bicyclic) bond motifs is 2. The van der Waals surface area contributed by atoms with Gasteiger partial charge in [-0.2, -0.15) is 0 Å². The SMILES string of the molecule is CNC(=O)C1Sc2c(c(=O)c3cc(F)c(N4CCNCC4)cc3n2C2CC2)C1O. The Bertz CT molecular complexity index is 1060. The summed E-state index contributed by atoms with van der Waals surface area (Å²) in [6.45, 7) is 2.97. The predicted molar refractivity (Wildman–Crippen MR) is 110 cm³/mol. The molecule has 1 saturated heterocycles. The zero-order valence-electron chi connectivity index (χ0n) is 16.1. The van der Waals surface area contributed by atoms with Crippen molar-refractivity contribution in [2.45, 2.75) is 35.3 Å². The van der Waals surface area contributed by atoms with Crippen LogP contribution in [0.2, 0.25) is 0 Å². The number of halogens is 1. The van der Waals surface area contributed by atoms with E-state index in [1.54, 1.807) is 6.07 Å². The lowest BCUT2D eigenvalue weighted by atomic mass is 10.0. The third-order valence-corrected chi connectivity index (χ3v) is 7.32. The molecule has 29 heavy (non-hydrogen) atoms. The zero-order valence-corrected chi connectivity index (χ0v) is 16.9. The van der Waals surface area contributed by atoms with Gasteiger partial charge in [-0.05, 0) is 25.0 Å². The van der Waals surface area contributed by atoms with E-state index in [4.69, 9.17) is 0 Å². The third kappa shape index (κ3) is 2.94. The Morgan fingerprint density at radius 1 is 1.31 bits per heavy atom. The number of pyridine rings is 1. The molecular formula is C20H23FN4O3S. The van der Waals surface area contributed by atoms with Crippen LogP contribution in [0, 0.1) is 5.82 Å². The van der Waals surface area contributed by atoms with Crippen LogP contribution in [0.1, 0.15) is 30.6 Å². The van der Waals surface area contributed by atoms with Crippen molar-refractivity contribution in [3.8, 4) is 0 Å². The molecule has 2 aliphatic heterocycles. The number of nitrogens with zero attached hydrogens (tertiary/aromatic N) is 2. The Labute approximate surface area is 171 Å². The second-order valence-electron chi connectivity index (χ2n) is 7.80. The van der Waals surface area contributed by atoms with Gasteiger partial charge in [0.05, 0.1) is 21.8 Å². The predicted octanol–water partition coefficient (Wildman–Crippen LogP) is 1.14. The Hall–Kier alpha value is -2.10. The van der Waals surface area contributed by atoms with Crippen LogP contribution in [0.15, 0.2) is 22.0 Å². The molecule has 2 fully saturated rings. The lowest BCUT2D eigenvalue weighted by Gasteiger charge is -2.30. The molecule has 3 N–H and O–H groups in total. The highest BCUT2D eigenvalue weighted by Gasteiger charge is 2.43. The number of hydrogen-bond acceptors (Lipinski definition) is 6. The normalized spacial score (nSPS) is 24.0. The van der Waals surface area contributed by atoms with Crippen molar-refractivity contribution >= 4 is 34.3 Å². The Balaban J connectivity index is 1.73. The highest BCUT2D eigenvalue weighted by atomic mass is 32.2. The van der Waals surface area contributed by atoms with Crippen molar-refractivity contribution in [2.24, 2.45) is 0 Å². The van der Waals surface area contributed by atoms with Crippen molar-refractivity contribution in [3.05, 3.63) is 33.7 Å². The summed E-state index contributed by atoms with van der Waals surface area (Å²) in [6.07, 6.45) is 0.728. The van der Waals surface area contributed by atoms with Crippen LogP contribution in [0.4, 0.5) is 10.1 Å². The van der Waals surface area contributed by atoms with Gasteiger partial charge in [0, 0.05) is 44.7 Å². The molecule has 9 heteroatoms. The lowest BCUT2D eigenvalue weighted by Crippen LogP contribution is -2.43. The fourth-order valence-electron chi connectivity index (χ4n) is 4.31. The first-order valence-corrected chi connectivity index (χ1v) is 10.8. The molecule has 1 aromatic heterocycles. The zero-order chi connectivity index (χ0) is 20.3. The van der Waals surface area contributed by atoms with Gasteiger partial charge in [0.25, 0.3) is 0 Å². The van der Waals surface area contributed by atoms with Gasteiger partial charge in [-0.3, -0.25) is 9.59 Å².